The van der Waals surface area contributed by atoms with Crippen LogP contribution in [-0.2, 0) is 0 Å². The monoisotopic (exact) mass is 441 g/mol. The van der Waals surface area contributed by atoms with E-state index in [1.165, 1.54) is 0 Å². The van der Waals surface area contributed by atoms with E-state index < -0.39 is 0 Å². The SMILES string of the molecule is Cc1cc(O)cc(N(c2cc(C)cc(O)c2)c2cccc(Oc3ccc(C)c(O)c3C)c2)c1. The Morgan fingerprint density at radius 2 is 1.24 bits per heavy atom. The summed E-state index contributed by atoms with van der Waals surface area (Å²) in [5.74, 6) is 1.70. The average molecular weight is 442 g/mol. The number of anilines is 3. The van der Waals surface area contributed by atoms with E-state index in [9.17, 15) is 15.3 Å². The maximum Gasteiger partial charge on any atom is 0.134 e. The molecule has 4 aromatic rings. The van der Waals surface area contributed by atoms with Crippen LogP contribution in [0.4, 0.5) is 17.1 Å². The summed E-state index contributed by atoms with van der Waals surface area (Å²) in [6.07, 6.45) is 0. The van der Waals surface area contributed by atoms with Gasteiger partial charge in [-0.25, -0.2) is 0 Å². The summed E-state index contributed by atoms with van der Waals surface area (Å²) in [6, 6.07) is 21.9. The van der Waals surface area contributed by atoms with Crippen molar-refractivity contribution in [3.63, 3.8) is 0 Å². The quantitative estimate of drug-likeness (QED) is 0.303. The van der Waals surface area contributed by atoms with Crippen molar-refractivity contribution in [2.75, 3.05) is 4.90 Å². The topological polar surface area (TPSA) is 73.2 Å². The lowest BCUT2D eigenvalue weighted by atomic mass is 10.1. The lowest BCUT2D eigenvalue weighted by Crippen LogP contribution is -2.10. The van der Waals surface area contributed by atoms with E-state index in [4.69, 9.17) is 4.74 Å². The van der Waals surface area contributed by atoms with Crippen LogP contribution in [0.25, 0.3) is 0 Å². The van der Waals surface area contributed by atoms with Crippen molar-refractivity contribution < 1.29 is 20.1 Å². The second kappa shape index (κ2) is 8.79. The zero-order chi connectivity index (χ0) is 23.7. The first-order chi connectivity index (χ1) is 15.7. The molecular formula is C28H27NO4. The lowest BCUT2D eigenvalue weighted by Gasteiger charge is -2.27. The normalized spacial score (nSPS) is 10.8. The molecule has 0 bridgehead atoms. The first-order valence-electron chi connectivity index (χ1n) is 10.7. The summed E-state index contributed by atoms with van der Waals surface area (Å²) in [6.45, 7) is 7.50. The number of phenols is 3. The minimum atomic E-state index is 0.157. The molecule has 5 heteroatoms. The Morgan fingerprint density at radius 3 is 1.82 bits per heavy atom. The maximum absolute atomic E-state index is 10.3. The molecule has 0 aromatic heterocycles. The molecule has 168 valence electrons. The molecule has 4 aromatic carbocycles. The number of benzene rings is 4. The van der Waals surface area contributed by atoms with Crippen molar-refractivity contribution in [1.82, 2.24) is 0 Å². The molecule has 0 amide bonds. The fourth-order valence-electron chi connectivity index (χ4n) is 3.93. The van der Waals surface area contributed by atoms with Crippen molar-refractivity contribution in [3.05, 3.63) is 95.1 Å². The van der Waals surface area contributed by atoms with E-state index in [2.05, 4.69) is 0 Å². The molecule has 0 aliphatic carbocycles. The van der Waals surface area contributed by atoms with E-state index >= 15 is 0 Å². The third kappa shape index (κ3) is 4.72. The van der Waals surface area contributed by atoms with Crippen LogP contribution >= 0.6 is 0 Å². The number of phenolic OH excluding ortho intramolecular Hbond substituents is 3. The molecule has 0 aliphatic rings. The first kappa shape index (κ1) is 22.1. The molecular weight excluding hydrogens is 414 g/mol. The predicted molar refractivity (Wildman–Crippen MR) is 132 cm³/mol. The van der Waals surface area contributed by atoms with Gasteiger partial charge in [-0.05, 0) is 86.8 Å². The van der Waals surface area contributed by atoms with Gasteiger partial charge in [-0.15, -0.1) is 0 Å². The molecule has 33 heavy (non-hydrogen) atoms. The molecule has 5 nitrogen and oxygen atoms in total. The van der Waals surface area contributed by atoms with Gasteiger partial charge < -0.3 is 25.0 Å². The van der Waals surface area contributed by atoms with Crippen LogP contribution in [0, 0.1) is 27.7 Å². The smallest absolute Gasteiger partial charge is 0.134 e. The summed E-state index contributed by atoms with van der Waals surface area (Å²) < 4.78 is 6.12. The van der Waals surface area contributed by atoms with E-state index in [0.29, 0.717) is 17.1 Å². The summed E-state index contributed by atoms with van der Waals surface area (Å²) >= 11 is 0. The Kier molecular flexibility index (Phi) is 5.88. The zero-order valence-electron chi connectivity index (χ0n) is 19.1. The maximum atomic E-state index is 10.3. The van der Waals surface area contributed by atoms with Gasteiger partial charge in [0.1, 0.15) is 28.7 Å². The van der Waals surface area contributed by atoms with Gasteiger partial charge in [0.25, 0.3) is 0 Å². The summed E-state index contributed by atoms with van der Waals surface area (Å²) in [4.78, 5) is 1.95. The number of nitrogens with zero attached hydrogens (tertiary/aromatic N) is 1. The summed E-state index contributed by atoms with van der Waals surface area (Å²) in [5.41, 5.74) is 5.56. The fourth-order valence-corrected chi connectivity index (χ4v) is 3.93. The molecule has 0 spiro atoms. The Bertz CT molecular complexity index is 1240. The minimum absolute atomic E-state index is 0.157. The number of aromatic hydroxyl groups is 3. The van der Waals surface area contributed by atoms with Gasteiger partial charge in [-0.1, -0.05) is 12.1 Å². The second-order valence-corrected chi connectivity index (χ2v) is 8.34. The number of ether oxygens (including phenoxy) is 1. The summed E-state index contributed by atoms with van der Waals surface area (Å²) in [7, 11) is 0. The number of hydrogen-bond donors (Lipinski definition) is 3. The number of hydrogen-bond acceptors (Lipinski definition) is 5. The van der Waals surface area contributed by atoms with Gasteiger partial charge in [0, 0.05) is 29.4 Å². The average Bonchev–Trinajstić information content (AvgIpc) is 2.73. The molecule has 0 radical (unpaired) electrons. The van der Waals surface area contributed by atoms with Gasteiger partial charge in [-0.2, -0.15) is 0 Å². The van der Waals surface area contributed by atoms with Crippen LogP contribution in [0.2, 0.25) is 0 Å². The molecule has 4 rings (SSSR count). The molecule has 0 saturated carbocycles. The molecule has 0 heterocycles. The standard InChI is InChI=1S/C28H27NO4/c1-17-10-22(14-24(30)12-17)29(23-11-18(2)13-25(31)15-23)21-6-5-7-26(16-21)33-27-9-8-19(3)28(32)20(27)4/h5-16,30-32H,1-4H3. The number of rotatable bonds is 5. The highest BCUT2D eigenvalue weighted by Crippen LogP contribution is 2.40. The highest BCUT2D eigenvalue weighted by Gasteiger charge is 2.16. The molecule has 0 atom stereocenters. The Morgan fingerprint density at radius 1 is 0.636 bits per heavy atom. The number of aryl methyl sites for hydroxylation is 3. The predicted octanol–water partition coefficient (Wildman–Crippen LogP) is 7.30. The largest absolute Gasteiger partial charge is 0.508 e. The van der Waals surface area contributed by atoms with Crippen LogP contribution in [-0.4, -0.2) is 15.3 Å². The summed E-state index contributed by atoms with van der Waals surface area (Å²) in [5, 5.41) is 30.8. The van der Waals surface area contributed by atoms with Crippen molar-refractivity contribution in [3.8, 4) is 28.7 Å². The van der Waals surface area contributed by atoms with Crippen molar-refractivity contribution in [2.45, 2.75) is 27.7 Å². The van der Waals surface area contributed by atoms with E-state index in [-0.39, 0.29) is 17.2 Å². The third-order valence-electron chi connectivity index (χ3n) is 5.50. The van der Waals surface area contributed by atoms with Crippen LogP contribution in [0.5, 0.6) is 28.7 Å². The van der Waals surface area contributed by atoms with E-state index in [0.717, 1.165) is 33.8 Å². The molecule has 0 fully saturated rings. The molecule has 0 saturated heterocycles. The second-order valence-electron chi connectivity index (χ2n) is 8.34. The Balaban J connectivity index is 1.82. The van der Waals surface area contributed by atoms with Crippen LogP contribution in [0.1, 0.15) is 22.3 Å². The van der Waals surface area contributed by atoms with Crippen LogP contribution in [0.15, 0.2) is 72.8 Å². The van der Waals surface area contributed by atoms with E-state index in [1.54, 1.807) is 24.3 Å². The van der Waals surface area contributed by atoms with Crippen LogP contribution < -0.4 is 9.64 Å². The fraction of sp³-hybridized carbons (Fsp3) is 0.143. The van der Waals surface area contributed by atoms with Gasteiger partial charge in [0.2, 0.25) is 0 Å². The lowest BCUT2D eigenvalue weighted by molar-refractivity contribution is 0.445. The highest BCUT2D eigenvalue weighted by atomic mass is 16.5. The highest BCUT2D eigenvalue weighted by molar-refractivity contribution is 5.79. The van der Waals surface area contributed by atoms with Gasteiger partial charge in [0.15, 0.2) is 0 Å². The Hall–Kier alpha value is -4.12. The van der Waals surface area contributed by atoms with E-state index in [1.807, 2.05) is 81.1 Å². The van der Waals surface area contributed by atoms with Gasteiger partial charge in [-0.3, -0.25) is 0 Å². The third-order valence-corrected chi connectivity index (χ3v) is 5.50. The van der Waals surface area contributed by atoms with Gasteiger partial charge in [0.05, 0.1) is 11.4 Å². The first-order valence-corrected chi connectivity index (χ1v) is 10.7. The van der Waals surface area contributed by atoms with Crippen molar-refractivity contribution in [2.24, 2.45) is 0 Å². The molecule has 3 N–H and O–H groups in total. The Labute approximate surface area is 193 Å². The van der Waals surface area contributed by atoms with Crippen molar-refractivity contribution in [1.29, 1.82) is 0 Å². The minimum Gasteiger partial charge on any atom is -0.508 e. The van der Waals surface area contributed by atoms with Crippen LogP contribution in [0.3, 0.4) is 0 Å². The van der Waals surface area contributed by atoms with Gasteiger partial charge >= 0.3 is 0 Å². The molecule has 0 unspecified atom stereocenters. The zero-order valence-corrected chi connectivity index (χ0v) is 19.1. The van der Waals surface area contributed by atoms with Crippen molar-refractivity contribution >= 4 is 17.1 Å². The molecule has 0 aliphatic heterocycles.